The molecule has 1 atom stereocenters. The number of carboxylic acid groups (broad SMARTS) is 1. The largest absolute Gasteiger partial charge is 0.478 e. The van der Waals surface area contributed by atoms with Crippen molar-refractivity contribution in [3.63, 3.8) is 0 Å². The molecule has 6 heteroatoms. The third-order valence-electron chi connectivity index (χ3n) is 2.83. The van der Waals surface area contributed by atoms with E-state index in [1.54, 1.807) is 14.0 Å². The van der Waals surface area contributed by atoms with Crippen LogP contribution in [-0.4, -0.2) is 41.5 Å². The van der Waals surface area contributed by atoms with E-state index in [0.29, 0.717) is 6.54 Å². The number of nitrogens with zero attached hydrogens (tertiary/aromatic N) is 1. The fourth-order valence-electron chi connectivity index (χ4n) is 1.61. The fourth-order valence-corrected chi connectivity index (χ4v) is 1.61. The van der Waals surface area contributed by atoms with Crippen LogP contribution in [0.15, 0.2) is 18.2 Å². The topological polar surface area (TPSA) is 69.6 Å². The SMILES string of the molecule is CCN(C)C(=O)C(C)Nc1c(F)cccc1C(=O)O. The number of carbonyl (C=O) groups excluding carboxylic acids is 1. The lowest BCUT2D eigenvalue weighted by atomic mass is 10.1. The summed E-state index contributed by atoms with van der Waals surface area (Å²) in [4.78, 5) is 24.3. The molecule has 19 heavy (non-hydrogen) atoms. The summed E-state index contributed by atoms with van der Waals surface area (Å²) >= 11 is 0. The van der Waals surface area contributed by atoms with Crippen molar-refractivity contribution in [1.29, 1.82) is 0 Å². The van der Waals surface area contributed by atoms with Crippen LogP contribution in [0.2, 0.25) is 0 Å². The van der Waals surface area contributed by atoms with Gasteiger partial charge in [0.25, 0.3) is 0 Å². The van der Waals surface area contributed by atoms with Gasteiger partial charge in [-0.3, -0.25) is 4.79 Å². The Balaban J connectivity index is 2.99. The molecule has 1 amide bonds. The molecule has 0 heterocycles. The van der Waals surface area contributed by atoms with Gasteiger partial charge >= 0.3 is 5.97 Å². The Labute approximate surface area is 111 Å². The molecule has 1 rings (SSSR count). The highest BCUT2D eigenvalue weighted by Crippen LogP contribution is 2.21. The van der Waals surface area contributed by atoms with Crippen molar-refractivity contribution in [2.75, 3.05) is 18.9 Å². The Hall–Kier alpha value is -2.11. The first-order valence-electron chi connectivity index (χ1n) is 5.91. The number of anilines is 1. The van der Waals surface area contributed by atoms with Crippen molar-refractivity contribution < 1.29 is 19.1 Å². The van der Waals surface area contributed by atoms with E-state index < -0.39 is 17.8 Å². The summed E-state index contributed by atoms with van der Waals surface area (Å²) < 4.78 is 13.7. The summed E-state index contributed by atoms with van der Waals surface area (Å²) in [6, 6.07) is 3.04. The summed E-state index contributed by atoms with van der Waals surface area (Å²) in [6.45, 7) is 3.90. The smallest absolute Gasteiger partial charge is 0.337 e. The monoisotopic (exact) mass is 268 g/mol. The lowest BCUT2D eigenvalue weighted by molar-refractivity contribution is -0.130. The van der Waals surface area contributed by atoms with Crippen molar-refractivity contribution in [3.05, 3.63) is 29.6 Å². The van der Waals surface area contributed by atoms with Gasteiger partial charge in [0.2, 0.25) is 5.91 Å². The molecule has 1 aromatic rings. The van der Waals surface area contributed by atoms with E-state index in [9.17, 15) is 14.0 Å². The van der Waals surface area contributed by atoms with Crippen molar-refractivity contribution in [2.45, 2.75) is 19.9 Å². The Morgan fingerprint density at radius 3 is 2.63 bits per heavy atom. The van der Waals surface area contributed by atoms with Gasteiger partial charge in [-0.1, -0.05) is 6.07 Å². The summed E-state index contributed by atoms with van der Waals surface area (Å²) in [7, 11) is 1.62. The van der Waals surface area contributed by atoms with Crippen molar-refractivity contribution in [2.24, 2.45) is 0 Å². The van der Waals surface area contributed by atoms with Crippen LogP contribution in [0.5, 0.6) is 0 Å². The predicted octanol–water partition coefficient (Wildman–Crippen LogP) is 1.80. The average molecular weight is 268 g/mol. The summed E-state index contributed by atoms with van der Waals surface area (Å²) in [6.07, 6.45) is 0. The number of carboxylic acids is 1. The van der Waals surface area contributed by atoms with Crippen LogP contribution in [-0.2, 0) is 4.79 Å². The number of nitrogens with one attached hydrogen (secondary N) is 1. The predicted molar refractivity (Wildman–Crippen MR) is 69.8 cm³/mol. The third kappa shape index (κ3) is 3.43. The van der Waals surface area contributed by atoms with E-state index in [2.05, 4.69) is 5.32 Å². The maximum atomic E-state index is 13.7. The van der Waals surface area contributed by atoms with Gasteiger partial charge < -0.3 is 15.3 Å². The molecule has 0 aliphatic rings. The lowest BCUT2D eigenvalue weighted by Gasteiger charge is -2.22. The molecule has 0 aliphatic carbocycles. The van der Waals surface area contributed by atoms with Gasteiger partial charge in [0.15, 0.2) is 0 Å². The molecule has 5 nitrogen and oxygen atoms in total. The van der Waals surface area contributed by atoms with Crippen LogP contribution in [0, 0.1) is 5.82 Å². The molecular formula is C13H17FN2O3. The highest BCUT2D eigenvalue weighted by Gasteiger charge is 2.21. The minimum Gasteiger partial charge on any atom is -0.478 e. The van der Waals surface area contributed by atoms with Crippen molar-refractivity contribution >= 4 is 17.6 Å². The zero-order valence-electron chi connectivity index (χ0n) is 11.1. The number of halogens is 1. The molecule has 0 spiro atoms. The van der Waals surface area contributed by atoms with E-state index >= 15 is 0 Å². The van der Waals surface area contributed by atoms with E-state index in [-0.39, 0.29) is 17.2 Å². The summed E-state index contributed by atoms with van der Waals surface area (Å²) in [5.41, 5.74) is -0.362. The highest BCUT2D eigenvalue weighted by atomic mass is 19.1. The first-order chi connectivity index (χ1) is 8.88. The molecule has 1 aromatic carbocycles. The van der Waals surface area contributed by atoms with Crippen LogP contribution in [0.3, 0.4) is 0 Å². The van der Waals surface area contributed by atoms with Crippen molar-refractivity contribution in [3.8, 4) is 0 Å². The number of benzene rings is 1. The molecule has 0 aliphatic heterocycles. The van der Waals surface area contributed by atoms with E-state index in [0.717, 1.165) is 6.07 Å². The number of hydrogen-bond donors (Lipinski definition) is 2. The minimum absolute atomic E-state index is 0.166. The van der Waals surface area contributed by atoms with Crippen LogP contribution in [0.25, 0.3) is 0 Å². The molecule has 0 radical (unpaired) electrons. The van der Waals surface area contributed by atoms with Crippen LogP contribution < -0.4 is 5.32 Å². The first-order valence-corrected chi connectivity index (χ1v) is 5.91. The Bertz CT molecular complexity index is 491. The fraction of sp³-hybridized carbons (Fsp3) is 0.385. The quantitative estimate of drug-likeness (QED) is 0.854. The van der Waals surface area contributed by atoms with Crippen molar-refractivity contribution in [1.82, 2.24) is 4.90 Å². The molecule has 0 saturated carbocycles. The third-order valence-corrected chi connectivity index (χ3v) is 2.83. The minimum atomic E-state index is -1.24. The van der Waals surface area contributed by atoms with E-state index in [1.165, 1.54) is 17.0 Å². The maximum absolute atomic E-state index is 13.7. The van der Waals surface area contributed by atoms with Gasteiger partial charge in [0.05, 0.1) is 11.3 Å². The number of rotatable bonds is 5. The van der Waals surface area contributed by atoms with Gasteiger partial charge in [-0.15, -0.1) is 0 Å². The zero-order valence-corrected chi connectivity index (χ0v) is 11.1. The Kier molecular flexibility index (Phi) is 4.86. The standard InChI is InChI=1S/C13H17FN2O3/c1-4-16(3)12(17)8(2)15-11-9(13(18)19)6-5-7-10(11)14/h5-8,15H,4H2,1-3H3,(H,18,19). The van der Waals surface area contributed by atoms with E-state index in [1.807, 2.05) is 6.92 Å². The Morgan fingerprint density at radius 1 is 1.47 bits per heavy atom. The average Bonchev–Trinajstić information content (AvgIpc) is 2.38. The van der Waals surface area contributed by atoms with Crippen LogP contribution in [0.1, 0.15) is 24.2 Å². The number of amides is 1. The summed E-state index contributed by atoms with van der Waals surface area (Å²) in [5.74, 6) is -2.17. The maximum Gasteiger partial charge on any atom is 0.337 e. The second-order valence-corrected chi connectivity index (χ2v) is 4.19. The molecule has 0 aromatic heterocycles. The highest BCUT2D eigenvalue weighted by molar-refractivity contribution is 5.95. The second-order valence-electron chi connectivity index (χ2n) is 4.19. The molecule has 2 N–H and O–H groups in total. The Morgan fingerprint density at radius 2 is 2.11 bits per heavy atom. The second kappa shape index (κ2) is 6.17. The van der Waals surface area contributed by atoms with Gasteiger partial charge in [0.1, 0.15) is 11.9 Å². The van der Waals surface area contributed by atoms with Gasteiger partial charge in [-0.25, -0.2) is 9.18 Å². The lowest BCUT2D eigenvalue weighted by Crippen LogP contribution is -2.39. The molecular weight excluding hydrogens is 251 g/mol. The van der Waals surface area contributed by atoms with Gasteiger partial charge in [0, 0.05) is 13.6 Å². The van der Waals surface area contributed by atoms with Gasteiger partial charge in [-0.05, 0) is 26.0 Å². The molecule has 0 saturated heterocycles. The zero-order chi connectivity index (χ0) is 14.6. The van der Waals surface area contributed by atoms with Crippen LogP contribution in [0.4, 0.5) is 10.1 Å². The van der Waals surface area contributed by atoms with E-state index in [4.69, 9.17) is 5.11 Å². The molecule has 0 bridgehead atoms. The number of hydrogen-bond acceptors (Lipinski definition) is 3. The molecule has 0 fully saturated rings. The van der Waals surface area contributed by atoms with Gasteiger partial charge in [-0.2, -0.15) is 0 Å². The van der Waals surface area contributed by atoms with Crippen LogP contribution >= 0.6 is 0 Å². The normalized spacial score (nSPS) is 11.8. The number of aromatic carboxylic acids is 1. The molecule has 1 unspecified atom stereocenters. The number of para-hydroxylation sites is 1. The summed E-state index contributed by atoms with van der Waals surface area (Å²) in [5, 5.41) is 11.6. The number of likely N-dealkylation sites (N-methyl/N-ethyl adjacent to an activating group) is 1. The first kappa shape index (κ1) is 14.9. The number of carbonyl (C=O) groups is 2. The molecule has 104 valence electrons.